The Morgan fingerprint density at radius 2 is 1.79 bits per heavy atom. The highest BCUT2D eigenvalue weighted by Crippen LogP contribution is 2.42. The van der Waals surface area contributed by atoms with Crippen molar-refractivity contribution in [3.63, 3.8) is 0 Å². The Hall–Kier alpha value is -3.01. The number of dihydropyridines is 1. The maximum Gasteiger partial charge on any atom is 0.387 e. The molecule has 10 heteroatoms. The summed E-state index contributed by atoms with van der Waals surface area (Å²) in [6, 6.07) is 5.71. The van der Waals surface area contributed by atoms with Gasteiger partial charge in [-0.15, -0.1) is 0 Å². The molecular formula is C24H32F2N2O6. The molecule has 0 radical (unpaired) electrons. The van der Waals surface area contributed by atoms with Crippen LogP contribution in [0.1, 0.15) is 64.4 Å². The van der Waals surface area contributed by atoms with Gasteiger partial charge in [0.1, 0.15) is 18.3 Å². The number of carbonyl (C=O) groups excluding carboxylic acids is 1. The van der Waals surface area contributed by atoms with Gasteiger partial charge < -0.3 is 19.5 Å². The third-order valence-electron chi connectivity index (χ3n) is 5.44. The molecule has 8 nitrogen and oxygen atoms in total. The number of unbranched alkanes of at least 4 members (excludes halogenated alkanes) is 4. The number of nitro groups is 1. The molecule has 0 aliphatic carbocycles. The largest absolute Gasteiger partial charge is 0.460 e. The number of ether oxygens (including phenoxy) is 3. The standard InChI is InChI=1S/C24H32F2N2O6/c1-4-5-6-7-10-13-32-14-15-33-23(29)20-16(2)27-17(3)22(28(30)31)21(20)18-11-8-9-12-19(18)34-24(25)26/h8-9,11-12,21,24,27H,4-7,10,13-15H2,1-3H3. The van der Waals surface area contributed by atoms with Gasteiger partial charge in [-0.25, -0.2) is 4.79 Å². The topological polar surface area (TPSA) is 99.9 Å². The first-order valence-electron chi connectivity index (χ1n) is 11.4. The Balaban J connectivity index is 2.17. The van der Waals surface area contributed by atoms with Gasteiger partial charge in [0.25, 0.3) is 5.70 Å². The average Bonchev–Trinajstić information content (AvgIpc) is 2.77. The number of alkyl halides is 2. The summed E-state index contributed by atoms with van der Waals surface area (Å²) in [5, 5.41) is 14.7. The summed E-state index contributed by atoms with van der Waals surface area (Å²) in [4.78, 5) is 24.3. The zero-order valence-electron chi connectivity index (χ0n) is 19.8. The number of halogens is 2. The first-order valence-corrected chi connectivity index (χ1v) is 11.4. The predicted molar refractivity (Wildman–Crippen MR) is 122 cm³/mol. The summed E-state index contributed by atoms with van der Waals surface area (Å²) in [5.74, 6) is -2.29. The summed E-state index contributed by atoms with van der Waals surface area (Å²) >= 11 is 0. The molecule has 188 valence electrons. The molecule has 1 N–H and O–H groups in total. The number of nitrogens with one attached hydrogen (secondary N) is 1. The van der Waals surface area contributed by atoms with Gasteiger partial charge in [-0.3, -0.25) is 10.1 Å². The number of nitrogens with zero attached hydrogens (tertiary/aromatic N) is 1. The van der Waals surface area contributed by atoms with Crippen molar-refractivity contribution in [3.8, 4) is 5.75 Å². The molecule has 1 unspecified atom stereocenters. The second-order valence-corrected chi connectivity index (χ2v) is 7.94. The van der Waals surface area contributed by atoms with E-state index in [0.29, 0.717) is 12.3 Å². The van der Waals surface area contributed by atoms with Crippen molar-refractivity contribution in [3.05, 3.63) is 62.6 Å². The van der Waals surface area contributed by atoms with E-state index in [-0.39, 0.29) is 41.5 Å². The van der Waals surface area contributed by atoms with Crippen molar-refractivity contribution in [1.82, 2.24) is 5.32 Å². The van der Waals surface area contributed by atoms with E-state index in [9.17, 15) is 23.7 Å². The number of hydrogen-bond acceptors (Lipinski definition) is 7. The maximum atomic E-state index is 13.0. The Kier molecular flexibility index (Phi) is 10.9. The van der Waals surface area contributed by atoms with Crippen LogP contribution in [0.3, 0.4) is 0 Å². The van der Waals surface area contributed by atoms with Gasteiger partial charge in [0.05, 0.1) is 22.8 Å². The minimum Gasteiger partial charge on any atom is -0.460 e. The molecule has 1 heterocycles. The van der Waals surface area contributed by atoms with E-state index in [1.807, 2.05) is 0 Å². The van der Waals surface area contributed by atoms with Crippen LogP contribution in [0.15, 0.2) is 46.9 Å². The van der Waals surface area contributed by atoms with Crippen LogP contribution in [0.25, 0.3) is 0 Å². The molecule has 0 bridgehead atoms. The lowest BCUT2D eigenvalue weighted by Gasteiger charge is -2.27. The third-order valence-corrected chi connectivity index (χ3v) is 5.44. The molecular weight excluding hydrogens is 450 g/mol. The normalized spacial score (nSPS) is 16.0. The van der Waals surface area contributed by atoms with Crippen molar-refractivity contribution in [1.29, 1.82) is 0 Å². The molecule has 1 atom stereocenters. The summed E-state index contributed by atoms with van der Waals surface area (Å²) < 4.78 is 41.4. The summed E-state index contributed by atoms with van der Waals surface area (Å²) in [5.41, 5.74) is 0.224. The van der Waals surface area contributed by atoms with Gasteiger partial charge in [0, 0.05) is 17.9 Å². The fourth-order valence-corrected chi connectivity index (χ4v) is 3.90. The molecule has 1 aromatic rings. The number of para-hydroxylation sites is 1. The Bertz CT molecular complexity index is 916. The van der Waals surface area contributed by atoms with E-state index in [2.05, 4.69) is 17.0 Å². The molecule has 0 saturated heterocycles. The minimum absolute atomic E-state index is 0.0387. The second-order valence-electron chi connectivity index (χ2n) is 7.94. The molecule has 2 rings (SSSR count). The second kappa shape index (κ2) is 13.6. The van der Waals surface area contributed by atoms with E-state index in [1.165, 1.54) is 37.6 Å². The number of hydrogen-bond donors (Lipinski definition) is 1. The van der Waals surface area contributed by atoms with Crippen molar-refractivity contribution >= 4 is 5.97 Å². The fraction of sp³-hybridized carbons (Fsp3) is 0.542. The molecule has 1 aromatic carbocycles. The first kappa shape index (κ1) is 27.2. The van der Waals surface area contributed by atoms with Crippen LogP contribution in [0.2, 0.25) is 0 Å². The lowest BCUT2D eigenvalue weighted by molar-refractivity contribution is -0.431. The van der Waals surface area contributed by atoms with Gasteiger partial charge in [-0.2, -0.15) is 8.78 Å². The number of benzene rings is 1. The van der Waals surface area contributed by atoms with Crippen LogP contribution in [0.4, 0.5) is 8.78 Å². The highest BCUT2D eigenvalue weighted by Gasteiger charge is 2.42. The predicted octanol–water partition coefficient (Wildman–Crippen LogP) is 5.29. The summed E-state index contributed by atoms with van der Waals surface area (Å²) in [7, 11) is 0. The SMILES string of the molecule is CCCCCCCOCCOC(=O)C1=C(C)NC(C)=C([N+](=O)[O-])C1c1ccccc1OC(F)F. The molecule has 0 aromatic heterocycles. The van der Waals surface area contributed by atoms with E-state index >= 15 is 0 Å². The van der Waals surface area contributed by atoms with Crippen molar-refractivity contribution in [2.75, 3.05) is 19.8 Å². The molecule has 34 heavy (non-hydrogen) atoms. The number of rotatable bonds is 14. The monoisotopic (exact) mass is 482 g/mol. The highest BCUT2D eigenvalue weighted by molar-refractivity contribution is 5.92. The van der Waals surface area contributed by atoms with Crippen LogP contribution in [-0.4, -0.2) is 37.3 Å². The van der Waals surface area contributed by atoms with Crippen LogP contribution in [-0.2, 0) is 14.3 Å². The summed E-state index contributed by atoms with van der Waals surface area (Å²) in [6.45, 7) is 2.78. The number of esters is 1. The minimum atomic E-state index is -3.13. The van der Waals surface area contributed by atoms with Gasteiger partial charge in [-0.1, -0.05) is 50.8 Å². The zero-order valence-corrected chi connectivity index (χ0v) is 19.8. The number of allylic oxidation sites excluding steroid dienone is 3. The smallest absolute Gasteiger partial charge is 0.387 e. The van der Waals surface area contributed by atoms with E-state index < -0.39 is 23.4 Å². The number of carbonyl (C=O) groups is 1. The molecule has 1 aliphatic heterocycles. The molecule has 0 amide bonds. The fourth-order valence-electron chi connectivity index (χ4n) is 3.90. The highest BCUT2D eigenvalue weighted by atomic mass is 19.3. The quantitative estimate of drug-likeness (QED) is 0.166. The first-order chi connectivity index (χ1) is 16.3. The average molecular weight is 483 g/mol. The van der Waals surface area contributed by atoms with Crippen molar-refractivity contribution in [2.45, 2.75) is 65.4 Å². The van der Waals surface area contributed by atoms with E-state index in [0.717, 1.165) is 25.7 Å². The zero-order chi connectivity index (χ0) is 25.1. The summed E-state index contributed by atoms with van der Waals surface area (Å²) in [6.07, 6.45) is 5.49. The maximum absolute atomic E-state index is 13.0. The van der Waals surface area contributed by atoms with Gasteiger partial charge in [-0.05, 0) is 26.3 Å². The van der Waals surface area contributed by atoms with Crippen LogP contribution in [0.5, 0.6) is 5.75 Å². The molecule has 0 spiro atoms. The van der Waals surface area contributed by atoms with E-state index in [4.69, 9.17) is 9.47 Å². The lowest BCUT2D eigenvalue weighted by atomic mass is 9.83. The third kappa shape index (κ3) is 7.51. The molecule has 1 aliphatic rings. The van der Waals surface area contributed by atoms with Crippen molar-refractivity contribution < 1.29 is 32.7 Å². The lowest BCUT2D eigenvalue weighted by Crippen LogP contribution is -2.32. The van der Waals surface area contributed by atoms with Crippen LogP contribution in [0, 0.1) is 10.1 Å². The Labute approximate surface area is 198 Å². The molecule has 0 saturated carbocycles. The van der Waals surface area contributed by atoms with Crippen LogP contribution >= 0.6 is 0 Å². The Morgan fingerprint density at radius 1 is 1.09 bits per heavy atom. The van der Waals surface area contributed by atoms with E-state index in [1.54, 1.807) is 6.92 Å². The van der Waals surface area contributed by atoms with Gasteiger partial charge in [0.2, 0.25) is 0 Å². The van der Waals surface area contributed by atoms with Gasteiger partial charge in [0.15, 0.2) is 0 Å². The molecule has 0 fully saturated rings. The van der Waals surface area contributed by atoms with Gasteiger partial charge >= 0.3 is 12.6 Å². The van der Waals surface area contributed by atoms with Crippen LogP contribution < -0.4 is 10.1 Å². The Morgan fingerprint density at radius 3 is 2.47 bits per heavy atom. The van der Waals surface area contributed by atoms with Crippen molar-refractivity contribution in [2.24, 2.45) is 0 Å².